The molecule has 3 rings (SSSR count). The molecule has 2 amide bonds. The van der Waals surface area contributed by atoms with Crippen LogP contribution < -0.4 is 16.2 Å². The number of aryl methyl sites for hydroxylation is 3. The number of thiophene rings is 1. The number of anilines is 1. The monoisotopic (exact) mass is 412 g/mol. The summed E-state index contributed by atoms with van der Waals surface area (Å²) in [6.45, 7) is 8.27. The standard InChI is InChI=1S/C21H24N4O3S/c1-11(2)9-22-18(26)14-6-7-15(12(3)8-14)24-19(27)17-13(4)16-20(29-17)23-10-25(5)21(16)28/h6-8,10-11H,9H2,1-5H3,(H,22,26)(H,24,27). The second kappa shape index (κ2) is 8.16. The van der Waals surface area contributed by atoms with E-state index in [1.165, 1.54) is 22.2 Å². The summed E-state index contributed by atoms with van der Waals surface area (Å²) in [5, 5.41) is 6.23. The minimum Gasteiger partial charge on any atom is -0.352 e. The summed E-state index contributed by atoms with van der Waals surface area (Å²) in [5.74, 6) is -0.0657. The fourth-order valence-electron chi connectivity index (χ4n) is 2.95. The molecule has 0 atom stereocenters. The minimum atomic E-state index is -0.298. The number of nitrogens with one attached hydrogen (secondary N) is 2. The Balaban J connectivity index is 1.83. The van der Waals surface area contributed by atoms with Gasteiger partial charge >= 0.3 is 0 Å². The number of aromatic nitrogens is 2. The summed E-state index contributed by atoms with van der Waals surface area (Å²) < 4.78 is 1.40. The minimum absolute atomic E-state index is 0.137. The summed E-state index contributed by atoms with van der Waals surface area (Å²) in [6, 6.07) is 5.16. The molecule has 0 radical (unpaired) electrons. The summed E-state index contributed by atoms with van der Waals surface area (Å²) in [7, 11) is 1.63. The highest BCUT2D eigenvalue weighted by atomic mass is 32.1. The van der Waals surface area contributed by atoms with E-state index in [9.17, 15) is 14.4 Å². The van der Waals surface area contributed by atoms with E-state index < -0.39 is 0 Å². The molecule has 1 aromatic carbocycles. The number of fused-ring (bicyclic) bond motifs is 1. The third kappa shape index (κ3) is 4.22. The van der Waals surface area contributed by atoms with Gasteiger partial charge in [0.2, 0.25) is 0 Å². The highest BCUT2D eigenvalue weighted by Gasteiger charge is 2.20. The van der Waals surface area contributed by atoms with Gasteiger partial charge in [-0.05, 0) is 49.1 Å². The van der Waals surface area contributed by atoms with Gasteiger partial charge in [-0.3, -0.25) is 14.4 Å². The molecule has 3 aromatic rings. The molecular weight excluding hydrogens is 388 g/mol. The number of hydrogen-bond acceptors (Lipinski definition) is 5. The molecule has 0 aliphatic carbocycles. The summed E-state index contributed by atoms with van der Waals surface area (Å²) in [4.78, 5) is 42.7. The zero-order chi connectivity index (χ0) is 21.3. The van der Waals surface area contributed by atoms with Crippen LogP contribution in [0.1, 0.15) is 45.0 Å². The molecular formula is C21H24N4O3S. The van der Waals surface area contributed by atoms with Gasteiger partial charge in [0.15, 0.2) is 0 Å². The van der Waals surface area contributed by atoms with Crippen LogP contribution in [0, 0.1) is 19.8 Å². The van der Waals surface area contributed by atoms with E-state index >= 15 is 0 Å². The molecule has 7 nitrogen and oxygen atoms in total. The van der Waals surface area contributed by atoms with Crippen molar-refractivity contribution in [3.8, 4) is 0 Å². The fraction of sp³-hybridized carbons (Fsp3) is 0.333. The first-order chi connectivity index (χ1) is 13.7. The molecule has 29 heavy (non-hydrogen) atoms. The number of benzene rings is 1. The van der Waals surface area contributed by atoms with Crippen molar-refractivity contribution < 1.29 is 9.59 Å². The van der Waals surface area contributed by atoms with Gasteiger partial charge in [0.05, 0.1) is 16.6 Å². The molecule has 0 spiro atoms. The van der Waals surface area contributed by atoms with Crippen LogP contribution in [0.3, 0.4) is 0 Å². The van der Waals surface area contributed by atoms with Crippen molar-refractivity contribution in [2.24, 2.45) is 13.0 Å². The zero-order valence-corrected chi connectivity index (χ0v) is 17.9. The molecule has 0 bridgehead atoms. The van der Waals surface area contributed by atoms with Crippen molar-refractivity contribution in [3.63, 3.8) is 0 Å². The highest BCUT2D eigenvalue weighted by molar-refractivity contribution is 7.20. The number of carbonyl (C=O) groups excluding carboxylic acids is 2. The second-order valence-electron chi connectivity index (χ2n) is 7.48. The lowest BCUT2D eigenvalue weighted by atomic mass is 10.1. The van der Waals surface area contributed by atoms with E-state index in [1.807, 2.05) is 20.8 Å². The van der Waals surface area contributed by atoms with Gasteiger partial charge in [-0.2, -0.15) is 0 Å². The van der Waals surface area contributed by atoms with Crippen molar-refractivity contribution in [2.45, 2.75) is 27.7 Å². The Morgan fingerprint density at radius 1 is 1.21 bits per heavy atom. The number of hydrogen-bond donors (Lipinski definition) is 2. The highest BCUT2D eigenvalue weighted by Crippen LogP contribution is 2.28. The summed E-state index contributed by atoms with van der Waals surface area (Å²) in [5.41, 5.74) is 2.40. The van der Waals surface area contributed by atoms with Crippen molar-refractivity contribution in [1.82, 2.24) is 14.9 Å². The predicted molar refractivity (Wildman–Crippen MR) is 116 cm³/mol. The lowest BCUT2D eigenvalue weighted by Crippen LogP contribution is -2.27. The molecule has 0 aliphatic heterocycles. The Hall–Kier alpha value is -3.00. The summed E-state index contributed by atoms with van der Waals surface area (Å²) >= 11 is 1.20. The maximum Gasteiger partial charge on any atom is 0.266 e. The third-order valence-corrected chi connectivity index (χ3v) is 5.82. The van der Waals surface area contributed by atoms with Crippen LogP contribution in [0.2, 0.25) is 0 Å². The Labute approximate surface area is 172 Å². The topological polar surface area (TPSA) is 93.1 Å². The molecule has 2 heterocycles. The van der Waals surface area contributed by atoms with Gasteiger partial charge in [-0.15, -0.1) is 11.3 Å². The number of rotatable bonds is 5. The molecule has 0 fully saturated rings. The van der Waals surface area contributed by atoms with Gasteiger partial charge in [0.1, 0.15) is 4.83 Å². The smallest absolute Gasteiger partial charge is 0.266 e. The Kier molecular flexibility index (Phi) is 5.83. The van der Waals surface area contributed by atoms with Crippen LogP contribution in [0.15, 0.2) is 29.3 Å². The maximum absolute atomic E-state index is 12.8. The first kappa shape index (κ1) is 20.7. The molecule has 2 aromatic heterocycles. The molecule has 2 N–H and O–H groups in total. The third-order valence-electron chi connectivity index (χ3n) is 4.62. The molecule has 0 saturated carbocycles. The normalized spacial score (nSPS) is 11.1. The average molecular weight is 413 g/mol. The Morgan fingerprint density at radius 3 is 2.59 bits per heavy atom. The van der Waals surface area contributed by atoms with E-state index in [0.29, 0.717) is 44.4 Å². The van der Waals surface area contributed by atoms with Crippen LogP contribution in [0.5, 0.6) is 0 Å². The van der Waals surface area contributed by atoms with Crippen LogP contribution in [-0.2, 0) is 7.05 Å². The maximum atomic E-state index is 12.8. The molecule has 0 saturated heterocycles. The Morgan fingerprint density at radius 2 is 1.93 bits per heavy atom. The van der Waals surface area contributed by atoms with Gasteiger partial charge < -0.3 is 15.2 Å². The van der Waals surface area contributed by atoms with Crippen molar-refractivity contribution in [2.75, 3.05) is 11.9 Å². The van der Waals surface area contributed by atoms with E-state index in [2.05, 4.69) is 15.6 Å². The predicted octanol–water partition coefficient (Wildman–Crippen LogP) is 3.25. The zero-order valence-electron chi connectivity index (χ0n) is 17.1. The van der Waals surface area contributed by atoms with Gasteiger partial charge in [0.25, 0.3) is 17.4 Å². The van der Waals surface area contributed by atoms with E-state index in [0.717, 1.165) is 5.56 Å². The van der Waals surface area contributed by atoms with Crippen molar-refractivity contribution in [3.05, 3.63) is 56.4 Å². The first-order valence-corrected chi connectivity index (χ1v) is 10.2. The van der Waals surface area contributed by atoms with Crippen LogP contribution >= 0.6 is 11.3 Å². The van der Waals surface area contributed by atoms with Crippen LogP contribution in [-0.4, -0.2) is 27.9 Å². The van der Waals surface area contributed by atoms with Gasteiger partial charge in [-0.1, -0.05) is 13.8 Å². The summed E-state index contributed by atoms with van der Waals surface area (Å²) in [6.07, 6.45) is 1.45. The first-order valence-electron chi connectivity index (χ1n) is 9.34. The fourth-order valence-corrected chi connectivity index (χ4v) is 3.98. The molecule has 0 aliphatic rings. The quantitative estimate of drug-likeness (QED) is 0.673. The SMILES string of the molecule is Cc1cc(C(=O)NCC(C)C)ccc1NC(=O)c1sc2ncn(C)c(=O)c2c1C. The number of amides is 2. The van der Waals surface area contributed by atoms with E-state index in [-0.39, 0.29) is 17.4 Å². The number of nitrogens with zero attached hydrogens (tertiary/aromatic N) is 2. The number of carbonyl (C=O) groups is 2. The van der Waals surface area contributed by atoms with Crippen molar-refractivity contribution >= 4 is 39.1 Å². The van der Waals surface area contributed by atoms with Gasteiger partial charge in [0, 0.05) is 24.8 Å². The lowest BCUT2D eigenvalue weighted by Gasteiger charge is -2.11. The Bertz CT molecular complexity index is 1160. The van der Waals surface area contributed by atoms with E-state index in [4.69, 9.17) is 0 Å². The van der Waals surface area contributed by atoms with Crippen LogP contribution in [0.4, 0.5) is 5.69 Å². The second-order valence-corrected chi connectivity index (χ2v) is 8.48. The van der Waals surface area contributed by atoms with Crippen molar-refractivity contribution in [1.29, 1.82) is 0 Å². The van der Waals surface area contributed by atoms with E-state index in [1.54, 1.807) is 32.2 Å². The average Bonchev–Trinajstić information content (AvgIpc) is 3.01. The largest absolute Gasteiger partial charge is 0.352 e. The van der Waals surface area contributed by atoms with Gasteiger partial charge in [-0.25, -0.2) is 4.98 Å². The molecule has 8 heteroatoms. The van der Waals surface area contributed by atoms with Crippen LogP contribution in [0.25, 0.3) is 10.2 Å². The molecule has 152 valence electrons. The lowest BCUT2D eigenvalue weighted by molar-refractivity contribution is 0.0948. The molecule has 0 unspecified atom stereocenters.